The van der Waals surface area contributed by atoms with Crippen LogP contribution < -0.4 is 11.1 Å². The summed E-state index contributed by atoms with van der Waals surface area (Å²) in [7, 11) is 0. The fourth-order valence-electron chi connectivity index (χ4n) is 2.53. The van der Waals surface area contributed by atoms with Crippen LogP contribution >= 0.6 is 0 Å². The molecule has 19 heavy (non-hydrogen) atoms. The van der Waals surface area contributed by atoms with Crippen molar-refractivity contribution < 1.29 is 4.79 Å². The Morgan fingerprint density at radius 3 is 2.89 bits per heavy atom. The van der Waals surface area contributed by atoms with Crippen LogP contribution in [0.4, 0.5) is 0 Å². The molecule has 1 aromatic carbocycles. The van der Waals surface area contributed by atoms with Crippen molar-refractivity contribution in [3.8, 4) is 0 Å². The van der Waals surface area contributed by atoms with Gasteiger partial charge in [-0.2, -0.15) is 0 Å². The van der Waals surface area contributed by atoms with Crippen molar-refractivity contribution in [3.63, 3.8) is 0 Å². The second kappa shape index (κ2) is 6.68. The molecule has 104 valence electrons. The Kier molecular flexibility index (Phi) is 4.93. The first-order chi connectivity index (χ1) is 9.16. The standard InChI is InChI=1S/C15H23N3O/c1-12(16)15(19)17-10-14-8-5-9-18(14)11-13-6-3-2-4-7-13/h2-4,6-7,12,14H,5,8-11,16H2,1H3,(H,17,19)/t12-,14?/m1/s1. The van der Waals surface area contributed by atoms with Crippen LogP contribution in [-0.4, -0.2) is 36.0 Å². The summed E-state index contributed by atoms with van der Waals surface area (Å²) in [6.45, 7) is 4.48. The highest BCUT2D eigenvalue weighted by atomic mass is 16.2. The molecule has 1 aliphatic rings. The minimum absolute atomic E-state index is 0.0634. The highest BCUT2D eigenvalue weighted by molar-refractivity contribution is 5.80. The molecular weight excluding hydrogens is 238 g/mol. The van der Waals surface area contributed by atoms with Gasteiger partial charge < -0.3 is 11.1 Å². The Hall–Kier alpha value is -1.39. The molecule has 1 aliphatic heterocycles. The number of nitrogens with two attached hydrogens (primary N) is 1. The second-order valence-corrected chi connectivity index (χ2v) is 5.29. The maximum Gasteiger partial charge on any atom is 0.236 e. The molecule has 0 aromatic heterocycles. The van der Waals surface area contributed by atoms with Crippen LogP contribution in [0.25, 0.3) is 0 Å². The third kappa shape index (κ3) is 4.04. The van der Waals surface area contributed by atoms with Gasteiger partial charge in [0.2, 0.25) is 5.91 Å². The number of carbonyl (C=O) groups is 1. The molecule has 2 rings (SSSR count). The molecule has 0 spiro atoms. The van der Waals surface area contributed by atoms with E-state index in [1.54, 1.807) is 6.92 Å². The number of hydrogen-bond acceptors (Lipinski definition) is 3. The molecule has 1 fully saturated rings. The summed E-state index contributed by atoms with van der Waals surface area (Å²) >= 11 is 0. The summed E-state index contributed by atoms with van der Waals surface area (Å²) in [6, 6.07) is 10.5. The van der Waals surface area contributed by atoms with Crippen LogP contribution in [0.15, 0.2) is 30.3 Å². The van der Waals surface area contributed by atoms with E-state index in [0.29, 0.717) is 12.6 Å². The van der Waals surface area contributed by atoms with E-state index >= 15 is 0 Å². The van der Waals surface area contributed by atoms with Gasteiger partial charge in [0.15, 0.2) is 0 Å². The van der Waals surface area contributed by atoms with E-state index < -0.39 is 6.04 Å². The minimum Gasteiger partial charge on any atom is -0.353 e. The Labute approximate surface area is 115 Å². The molecule has 1 amide bonds. The summed E-state index contributed by atoms with van der Waals surface area (Å²) in [4.78, 5) is 14.0. The number of rotatable bonds is 5. The van der Waals surface area contributed by atoms with Gasteiger partial charge in [-0.15, -0.1) is 0 Å². The molecule has 1 saturated heterocycles. The minimum atomic E-state index is -0.427. The number of benzene rings is 1. The second-order valence-electron chi connectivity index (χ2n) is 5.29. The quantitative estimate of drug-likeness (QED) is 0.835. The predicted octanol–water partition coefficient (Wildman–Crippen LogP) is 1.11. The normalized spacial score (nSPS) is 21.3. The van der Waals surface area contributed by atoms with Gasteiger partial charge in [0.05, 0.1) is 6.04 Å². The molecule has 4 nitrogen and oxygen atoms in total. The summed E-state index contributed by atoms with van der Waals surface area (Å²) in [5.74, 6) is -0.0634. The molecular formula is C15H23N3O. The molecule has 0 saturated carbocycles. The average molecular weight is 261 g/mol. The van der Waals surface area contributed by atoms with E-state index in [9.17, 15) is 4.79 Å². The third-order valence-electron chi connectivity index (χ3n) is 3.65. The van der Waals surface area contributed by atoms with Crippen molar-refractivity contribution in [2.45, 2.75) is 38.4 Å². The van der Waals surface area contributed by atoms with E-state index in [0.717, 1.165) is 19.5 Å². The summed E-state index contributed by atoms with van der Waals surface area (Å²) in [5.41, 5.74) is 6.88. The van der Waals surface area contributed by atoms with Gasteiger partial charge in [-0.25, -0.2) is 0 Å². The van der Waals surface area contributed by atoms with E-state index in [4.69, 9.17) is 5.73 Å². The number of nitrogens with one attached hydrogen (secondary N) is 1. The first-order valence-corrected chi connectivity index (χ1v) is 6.98. The van der Waals surface area contributed by atoms with Gasteiger partial charge in [0.1, 0.15) is 0 Å². The lowest BCUT2D eigenvalue weighted by Crippen LogP contribution is -2.44. The molecule has 0 aliphatic carbocycles. The van der Waals surface area contributed by atoms with Crippen LogP contribution in [0.2, 0.25) is 0 Å². The van der Waals surface area contributed by atoms with Crippen LogP contribution in [0.5, 0.6) is 0 Å². The summed E-state index contributed by atoms with van der Waals surface area (Å²) in [5, 5.41) is 2.93. The van der Waals surface area contributed by atoms with Gasteiger partial charge in [-0.3, -0.25) is 9.69 Å². The molecule has 3 N–H and O–H groups in total. The van der Waals surface area contributed by atoms with Gasteiger partial charge in [-0.1, -0.05) is 30.3 Å². The summed E-state index contributed by atoms with van der Waals surface area (Å²) < 4.78 is 0. The van der Waals surface area contributed by atoms with Crippen LogP contribution in [0.3, 0.4) is 0 Å². The smallest absolute Gasteiger partial charge is 0.236 e. The van der Waals surface area contributed by atoms with E-state index in [2.05, 4.69) is 34.5 Å². The van der Waals surface area contributed by atoms with E-state index in [1.165, 1.54) is 12.0 Å². The van der Waals surface area contributed by atoms with Crippen molar-refractivity contribution >= 4 is 5.91 Å². The maximum absolute atomic E-state index is 11.5. The first kappa shape index (κ1) is 14.0. The highest BCUT2D eigenvalue weighted by Crippen LogP contribution is 2.19. The third-order valence-corrected chi connectivity index (χ3v) is 3.65. The lowest BCUT2D eigenvalue weighted by Gasteiger charge is -2.25. The molecule has 0 radical (unpaired) electrons. The Morgan fingerprint density at radius 1 is 1.47 bits per heavy atom. The SMILES string of the molecule is C[C@@H](N)C(=O)NCC1CCCN1Cc1ccccc1. The van der Waals surface area contributed by atoms with Crippen molar-refractivity contribution in [1.29, 1.82) is 0 Å². The van der Waals surface area contributed by atoms with Crippen LogP contribution in [0, 0.1) is 0 Å². The maximum atomic E-state index is 11.5. The first-order valence-electron chi connectivity index (χ1n) is 6.98. The lowest BCUT2D eigenvalue weighted by molar-refractivity contribution is -0.122. The van der Waals surface area contributed by atoms with Crippen molar-refractivity contribution in [3.05, 3.63) is 35.9 Å². The van der Waals surface area contributed by atoms with Crippen molar-refractivity contribution in [1.82, 2.24) is 10.2 Å². The fraction of sp³-hybridized carbons (Fsp3) is 0.533. The number of likely N-dealkylation sites (tertiary alicyclic amines) is 1. The Bertz CT molecular complexity index is 405. The zero-order valence-corrected chi connectivity index (χ0v) is 11.5. The fourth-order valence-corrected chi connectivity index (χ4v) is 2.53. The Morgan fingerprint density at radius 2 is 2.21 bits per heavy atom. The summed E-state index contributed by atoms with van der Waals surface area (Å²) in [6.07, 6.45) is 2.34. The van der Waals surface area contributed by atoms with E-state index in [1.807, 2.05) is 6.07 Å². The molecule has 4 heteroatoms. The number of hydrogen-bond donors (Lipinski definition) is 2. The zero-order valence-electron chi connectivity index (χ0n) is 11.5. The Balaban J connectivity index is 1.85. The molecule has 1 aromatic rings. The molecule has 0 bridgehead atoms. The van der Waals surface area contributed by atoms with Gasteiger partial charge in [0, 0.05) is 19.1 Å². The van der Waals surface area contributed by atoms with Crippen molar-refractivity contribution in [2.75, 3.05) is 13.1 Å². The van der Waals surface area contributed by atoms with Gasteiger partial charge in [-0.05, 0) is 31.9 Å². The van der Waals surface area contributed by atoms with Crippen molar-refractivity contribution in [2.24, 2.45) is 5.73 Å². The number of nitrogens with zero attached hydrogens (tertiary/aromatic N) is 1. The largest absolute Gasteiger partial charge is 0.353 e. The van der Waals surface area contributed by atoms with Crippen LogP contribution in [-0.2, 0) is 11.3 Å². The monoisotopic (exact) mass is 261 g/mol. The molecule has 1 unspecified atom stereocenters. The highest BCUT2D eigenvalue weighted by Gasteiger charge is 2.24. The lowest BCUT2D eigenvalue weighted by atomic mass is 10.1. The topological polar surface area (TPSA) is 58.4 Å². The van der Waals surface area contributed by atoms with Gasteiger partial charge in [0.25, 0.3) is 0 Å². The van der Waals surface area contributed by atoms with Gasteiger partial charge >= 0.3 is 0 Å². The average Bonchev–Trinajstić information content (AvgIpc) is 2.84. The van der Waals surface area contributed by atoms with E-state index in [-0.39, 0.29) is 5.91 Å². The molecule has 1 heterocycles. The van der Waals surface area contributed by atoms with Crippen LogP contribution in [0.1, 0.15) is 25.3 Å². The zero-order chi connectivity index (χ0) is 13.7. The molecule has 2 atom stereocenters. The number of amides is 1. The predicted molar refractivity (Wildman–Crippen MR) is 76.5 cm³/mol. The number of carbonyl (C=O) groups excluding carboxylic acids is 1.